The van der Waals surface area contributed by atoms with Crippen LogP contribution in [0.5, 0.6) is 0 Å². The largest absolute Gasteiger partial charge is 0.342 e. The maximum absolute atomic E-state index is 12.7. The third kappa shape index (κ3) is 3.48. The van der Waals surface area contributed by atoms with E-state index in [-0.39, 0.29) is 12.1 Å². The molecule has 0 aliphatic carbocycles. The van der Waals surface area contributed by atoms with Crippen molar-refractivity contribution in [3.8, 4) is 0 Å². The van der Waals surface area contributed by atoms with Crippen LogP contribution in [0.1, 0.15) is 11.1 Å². The Bertz CT molecular complexity index is 1160. The first kappa shape index (κ1) is 18.4. The van der Waals surface area contributed by atoms with Crippen LogP contribution >= 0.6 is 0 Å². The summed E-state index contributed by atoms with van der Waals surface area (Å²) in [6.45, 7) is 4.25. The molecule has 1 aliphatic rings. The summed E-state index contributed by atoms with van der Waals surface area (Å²) < 4.78 is 2.08. The normalized spacial score (nSPS) is 15.8. The number of carbonyl (C=O) groups is 3. The number of hydrogen-bond acceptors (Lipinski definition) is 3. The van der Waals surface area contributed by atoms with Crippen molar-refractivity contribution in [1.82, 2.24) is 14.8 Å². The number of amides is 4. The van der Waals surface area contributed by atoms with E-state index in [0.717, 1.165) is 26.9 Å². The number of hydrogen-bond donors (Lipinski definition) is 1. The molecule has 3 aromatic rings. The highest BCUT2D eigenvalue weighted by Crippen LogP contribution is 2.25. The number of nitrogens with zero attached hydrogens (tertiary/aromatic N) is 2. The summed E-state index contributed by atoms with van der Waals surface area (Å²) >= 11 is 0. The molecule has 0 saturated carbocycles. The maximum Gasteiger partial charge on any atom is 0.331 e. The number of nitrogens with one attached hydrogen (secondary N) is 1. The van der Waals surface area contributed by atoms with Gasteiger partial charge in [0, 0.05) is 35.8 Å². The van der Waals surface area contributed by atoms with Gasteiger partial charge in [-0.2, -0.15) is 0 Å². The van der Waals surface area contributed by atoms with Gasteiger partial charge in [0.2, 0.25) is 0 Å². The molecule has 2 aromatic carbocycles. The van der Waals surface area contributed by atoms with Gasteiger partial charge in [0.05, 0.1) is 0 Å². The van der Waals surface area contributed by atoms with E-state index in [0.29, 0.717) is 6.54 Å². The second-order valence-corrected chi connectivity index (χ2v) is 6.74. The second-order valence-electron chi connectivity index (χ2n) is 6.74. The number of benzene rings is 2. The van der Waals surface area contributed by atoms with Crippen LogP contribution in [-0.2, 0) is 16.1 Å². The van der Waals surface area contributed by atoms with Crippen LogP contribution < -0.4 is 5.32 Å². The van der Waals surface area contributed by atoms with E-state index in [1.54, 1.807) is 6.08 Å². The predicted octanol–water partition coefficient (Wildman–Crippen LogP) is 3.34. The number of rotatable bonds is 5. The zero-order valence-electron chi connectivity index (χ0n) is 15.7. The lowest BCUT2D eigenvalue weighted by Crippen LogP contribution is -2.54. The molecular weight excluding hydrogens is 366 g/mol. The molecule has 2 heterocycles. The van der Waals surface area contributed by atoms with E-state index in [9.17, 15) is 14.4 Å². The van der Waals surface area contributed by atoms with Gasteiger partial charge in [0.25, 0.3) is 11.8 Å². The van der Waals surface area contributed by atoms with Crippen LogP contribution in [-0.4, -0.2) is 33.9 Å². The van der Waals surface area contributed by atoms with Gasteiger partial charge in [0.15, 0.2) is 0 Å². The Morgan fingerprint density at radius 3 is 2.45 bits per heavy atom. The summed E-state index contributed by atoms with van der Waals surface area (Å²) in [6, 6.07) is 17.1. The molecule has 1 fully saturated rings. The van der Waals surface area contributed by atoms with Crippen molar-refractivity contribution in [2.24, 2.45) is 0 Å². The van der Waals surface area contributed by atoms with E-state index >= 15 is 0 Å². The third-order valence-corrected chi connectivity index (χ3v) is 4.81. The van der Waals surface area contributed by atoms with Gasteiger partial charge < -0.3 is 4.57 Å². The van der Waals surface area contributed by atoms with Crippen molar-refractivity contribution in [3.05, 3.63) is 90.1 Å². The number of barbiturate groups is 1. The Kier molecular flexibility index (Phi) is 4.83. The molecular formula is C23H19N3O3. The molecule has 0 bridgehead atoms. The molecule has 144 valence electrons. The smallest absolute Gasteiger partial charge is 0.331 e. The Labute approximate surface area is 167 Å². The fourth-order valence-corrected chi connectivity index (χ4v) is 3.45. The van der Waals surface area contributed by atoms with Gasteiger partial charge in [-0.1, -0.05) is 54.6 Å². The number of carbonyl (C=O) groups excluding carboxylic acids is 3. The Balaban J connectivity index is 1.78. The topological polar surface area (TPSA) is 71.4 Å². The third-order valence-electron chi connectivity index (χ3n) is 4.81. The van der Waals surface area contributed by atoms with Crippen LogP contribution in [0.4, 0.5) is 4.79 Å². The number of fused-ring (bicyclic) bond motifs is 1. The Morgan fingerprint density at radius 1 is 0.966 bits per heavy atom. The lowest BCUT2D eigenvalue weighted by Gasteiger charge is -2.25. The SMILES string of the molecule is C=CCN1C(=O)NC(=O)/C(=C/c2cn(Cc3ccccc3)c3ccccc23)C1=O. The zero-order valence-corrected chi connectivity index (χ0v) is 15.7. The van der Waals surface area contributed by atoms with Crippen LogP contribution in [0.2, 0.25) is 0 Å². The summed E-state index contributed by atoms with van der Waals surface area (Å²) in [5, 5.41) is 3.13. The molecule has 0 spiro atoms. The minimum atomic E-state index is -0.733. The number of urea groups is 1. The molecule has 1 N–H and O–H groups in total. The number of aromatic nitrogens is 1. The molecule has 6 nitrogen and oxygen atoms in total. The van der Waals surface area contributed by atoms with Gasteiger partial charge in [-0.05, 0) is 17.7 Å². The van der Waals surface area contributed by atoms with Crippen LogP contribution in [0.15, 0.2) is 79.0 Å². The van der Waals surface area contributed by atoms with E-state index < -0.39 is 17.8 Å². The predicted molar refractivity (Wildman–Crippen MR) is 111 cm³/mol. The van der Waals surface area contributed by atoms with Crippen molar-refractivity contribution in [1.29, 1.82) is 0 Å². The fourth-order valence-electron chi connectivity index (χ4n) is 3.45. The fraction of sp³-hybridized carbons (Fsp3) is 0.0870. The van der Waals surface area contributed by atoms with Gasteiger partial charge in [-0.15, -0.1) is 6.58 Å². The second kappa shape index (κ2) is 7.59. The van der Waals surface area contributed by atoms with Crippen molar-refractivity contribution in [2.75, 3.05) is 6.54 Å². The van der Waals surface area contributed by atoms with E-state index in [4.69, 9.17) is 0 Å². The van der Waals surface area contributed by atoms with Gasteiger partial charge >= 0.3 is 6.03 Å². The van der Waals surface area contributed by atoms with Crippen molar-refractivity contribution < 1.29 is 14.4 Å². The van der Waals surface area contributed by atoms with Gasteiger partial charge in [-0.25, -0.2) is 4.79 Å². The average Bonchev–Trinajstić information content (AvgIpc) is 3.07. The highest BCUT2D eigenvalue weighted by Gasteiger charge is 2.35. The highest BCUT2D eigenvalue weighted by molar-refractivity contribution is 6.31. The molecule has 0 atom stereocenters. The summed E-state index contributed by atoms with van der Waals surface area (Å²) in [5.74, 6) is -1.32. The quantitative estimate of drug-likeness (QED) is 0.416. The lowest BCUT2D eigenvalue weighted by atomic mass is 10.1. The van der Waals surface area contributed by atoms with E-state index in [1.807, 2.05) is 60.8 Å². The Morgan fingerprint density at radius 2 is 1.69 bits per heavy atom. The molecule has 1 aromatic heterocycles. The molecule has 1 saturated heterocycles. The standard InChI is InChI=1S/C23H19N3O3/c1-2-12-26-22(28)19(21(27)24-23(26)29)13-17-15-25(14-16-8-4-3-5-9-16)20-11-7-6-10-18(17)20/h2-11,13,15H,1,12,14H2,(H,24,27,29)/b19-13-. The van der Waals surface area contributed by atoms with E-state index in [2.05, 4.69) is 16.5 Å². The first-order valence-corrected chi connectivity index (χ1v) is 9.20. The highest BCUT2D eigenvalue weighted by atomic mass is 16.2. The zero-order chi connectivity index (χ0) is 20.4. The summed E-state index contributed by atoms with van der Waals surface area (Å²) in [5.41, 5.74) is 2.80. The minimum absolute atomic E-state index is 0.0328. The number of para-hydroxylation sites is 1. The molecule has 29 heavy (non-hydrogen) atoms. The number of imide groups is 2. The first-order valence-electron chi connectivity index (χ1n) is 9.20. The molecule has 4 amide bonds. The monoisotopic (exact) mass is 385 g/mol. The summed E-state index contributed by atoms with van der Waals surface area (Å²) in [7, 11) is 0. The van der Waals surface area contributed by atoms with Crippen molar-refractivity contribution in [3.63, 3.8) is 0 Å². The minimum Gasteiger partial charge on any atom is -0.342 e. The molecule has 1 aliphatic heterocycles. The lowest BCUT2D eigenvalue weighted by molar-refractivity contribution is -0.129. The molecule has 0 radical (unpaired) electrons. The van der Waals surface area contributed by atoms with Gasteiger partial charge in [-0.3, -0.25) is 19.8 Å². The molecule has 6 heteroatoms. The average molecular weight is 385 g/mol. The first-order chi connectivity index (χ1) is 14.1. The summed E-state index contributed by atoms with van der Waals surface area (Å²) in [4.78, 5) is 37.9. The Hall–Kier alpha value is -3.93. The van der Waals surface area contributed by atoms with Crippen molar-refractivity contribution >= 4 is 34.8 Å². The van der Waals surface area contributed by atoms with Crippen LogP contribution in [0, 0.1) is 0 Å². The molecule has 4 rings (SSSR count). The van der Waals surface area contributed by atoms with Crippen LogP contribution in [0.3, 0.4) is 0 Å². The van der Waals surface area contributed by atoms with E-state index in [1.165, 1.54) is 6.08 Å². The van der Waals surface area contributed by atoms with Crippen LogP contribution in [0.25, 0.3) is 17.0 Å². The van der Waals surface area contributed by atoms with Crippen molar-refractivity contribution in [2.45, 2.75) is 6.54 Å². The maximum atomic E-state index is 12.7. The summed E-state index contributed by atoms with van der Waals surface area (Å²) in [6.07, 6.45) is 4.90. The molecule has 0 unspecified atom stereocenters. The van der Waals surface area contributed by atoms with Gasteiger partial charge in [0.1, 0.15) is 5.57 Å².